The highest BCUT2D eigenvalue weighted by atomic mass is 32.2. The summed E-state index contributed by atoms with van der Waals surface area (Å²) in [6.07, 6.45) is 3.06. The Morgan fingerprint density at radius 2 is 1.96 bits per heavy atom. The van der Waals surface area contributed by atoms with Crippen LogP contribution in [0.3, 0.4) is 0 Å². The minimum absolute atomic E-state index is 0.0887. The zero-order chi connectivity index (χ0) is 18.7. The van der Waals surface area contributed by atoms with Crippen molar-refractivity contribution < 1.29 is 13.4 Å². The van der Waals surface area contributed by atoms with Gasteiger partial charge >= 0.3 is 0 Å². The number of carbonyl (C=O) groups excluding carboxylic acids is 1. The predicted octanol–water partition coefficient (Wildman–Crippen LogP) is 2.53. The molecule has 0 aromatic heterocycles. The third-order valence-corrected chi connectivity index (χ3v) is 7.05. The molecule has 1 aromatic rings. The average Bonchev–Trinajstić information content (AvgIpc) is 2.78. The average molecular weight is 382 g/mol. The molecule has 2 heterocycles. The molecular weight excluding hydrogens is 353 g/mol. The molecule has 26 heavy (non-hydrogen) atoms. The molecule has 2 atom stereocenters. The number of halogens is 1. The lowest BCUT2D eigenvalue weighted by Crippen LogP contribution is -2.48. The van der Waals surface area contributed by atoms with E-state index in [-0.39, 0.29) is 17.8 Å². The Bertz CT molecular complexity index is 677. The van der Waals surface area contributed by atoms with Gasteiger partial charge in [0, 0.05) is 62.7 Å². The van der Waals surface area contributed by atoms with Crippen molar-refractivity contribution in [2.75, 3.05) is 36.8 Å². The second kappa shape index (κ2) is 8.48. The number of piperazine rings is 1. The normalized spacial score (nSPS) is 25.2. The molecule has 2 aliphatic rings. The topological polar surface area (TPSA) is 43.9 Å². The molecule has 2 fully saturated rings. The first-order valence-corrected chi connectivity index (χ1v) is 10.7. The number of nitrogens with zero attached hydrogens (tertiary/aromatic N) is 3. The summed E-state index contributed by atoms with van der Waals surface area (Å²) in [7, 11) is -1.03. The van der Waals surface area contributed by atoms with Gasteiger partial charge in [0.05, 0.1) is 11.0 Å². The number of hydrogen-bond acceptors (Lipinski definition) is 3. The molecule has 3 rings (SSSR count). The van der Waals surface area contributed by atoms with Crippen LogP contribution < -0.4 is 4.90 Å². The molecule has 0 N–H and O–H groups in total. The Labute approximate surface area is 157 Å². The maximum absolute atomic E-state index is 14.7. The van der Waals surface area contributed by atoms with Crippen LogP contribution in [-0.2, 0) is 22.3 Å². The van der Waals surface area contributed by atoms with Crippen molar-refractivity contribution in [3.63, 3.8) is 0 Å². The van der Waals surface area contributed by atoms with Gasteiger partial charge < -0.3 is 9.80 Å². The number of rotatable bonds is 3. The first-order valence-electron chi connectivity index (χ1n) is 9.39. The second-order valence-electron chi connectivity index (χ2n) is 7.21. The molecule has 2 unspecified atom stereocenters. The van der Waals surface area contributed by atoms with Gasteiger partial charge in [0.2, 0.25) is 5.91 Å². The van der Waals surface area contributed by atoms with E-state index in [0.717, 1.165) is 24.9 Å². The molecule has 0 spiro atoms. The Morgan fingerprint density at radius 3 is 2.62 bits per heavy atom. The van der Waals surface area contributed by atoms with Crippen molar-refractivity contribution in [2.24, 2.45) is 0 Å². The fraction of sp³-hybridized carbons (Fsp3) is 0.632. The fourth-order valence-electron chi connectivity index (χ4n) is 3.66. The molecule has 0 bridgehead atoms. The van der Waals surface area contributed by atoms with Crippen molar-refractivity contribution in [1.82, 2.24) is 9.21 Å². The third-order valence-electron chi connectivity index (χ3n) is 5.40. The van der Waals surface area contributed by atoms with E-state index in [1.807, 2.05) is 21.3 Å². The van der Waals surface area contributed by atoms with Gasteiger partial charge in [0.25, 0.3) is 0 Å². The van der Waals surface area contributed by atoms with Crippen LogP contribution in [-0.4, -0.2) is 57.3 Å². The van der Waals surface area contributed by atoms with E-state index in [4.69, 9.17) is 0 Å². The second-order valence-corrected chi connectivity index (χ2v) is 8.73. The molecular formula is C19H28FN3O2S. The Balaban J connectivity index is 1.68. The van der Waals surface area contributed by atoms with Crippen LogP contribution in [0.2, 0.25) is 0 Å². The molecule has 1 amide bonds. The van der Waals surface area contributed by atoms with E-state index >= 15 is 0 Å². The lowest BCUT2D eigenvalue weighted by molar-refractivity contribution is -0.129. The summed E-state index contributed by atoms with van der Waals surface area (Å²) in [5.74, 6) is 0.514. The van der Waals surface area contributed by atoms with E-state index in [1.54, 1.807) is 13.0 Å². The van der Waals surface area contributed by atoms with Crippen LogP contribution in [0.4, 0.5) is 10.1 Å². The van der Waals surface area contributed by atoms with Gasteiger partial charge in [0.15, 0.2) is 0 Å². The van der Waals surface area contributed by atoms with Crippen molar-refractivity contribution in [3.8, 4) is 0 Å². The van der Waals surface area contributed by atoms with Gasteiger partial charge in [-0.15, -0.1) is 0 Å². The third kappa shape index (κ3) is 4.43. The van der Waals surface area contributed by atoms with E-state index in [0.29, 0.717) is 44.0 Å². The van der Waals surface area contributed by atoms with Crippen molar-refractivity contribution >= 4 is 22.6 Å². The van der Waals surface area contributed by atoms with Crippen molar-refractivity contribution in [3.05, 3.63) is 29.6 Å². The maximum atomic E-state index is 14.7. The van der Waals surface area contributed by atoms with Crippen molar-refractivity contribution in [1.29, 1.82) is 0 Å². The Morgan fingerprint density at radius 1 is 1.23 bits per heavy atom. The molecule has 2 aliphatic heterocycles. The number of hydrogen-bond donors (Lipinski definition) is 0. The lowest BCUT2D eigenvalue weighted by Gasteiger charge is -2.35. The van der Waals surface area contributed by atoms with Crippen LogP contribution >= 0.6 is 0 Å². The van der Waals surface area contributed by atoms with Gasteiger partial charge in [-0.2, -0.15) is 0 Å². The molecule has 0 saturated carbocycles. The monoisotopic (exact) mass is 381 g/mol. The molecule has 1 aromatic carbocycles. The molecule has 0 aliphatic carbocycles. The summed E-state index contributed by atoms with van der Waals surface area (Å²) in [6.45, 7) is 6.81. The minimum atomic E-state index is -1.03. The number of amides is 1. The van der Waals surface area contributed by atoms with E-state index < -0.39 is 11.0 Å². The van der Waals surface area contributed by atoms with Crippen LogP contribution in [0, 0.1) is 5.82 Å². The first-order chi connectivity index (χ1) is 12.5. The molecule has 7 heteroatoms. The van der Waals surface area contributed by atoms with Gasteiger partial charge in [-0.05, 0) is 31.9 Å². The van der Waals surface area contributed by atoms with E-state index in [1.165, 1.54) is 0 Å². The highest BCUT2D eigenvalue weighted by molar-refractivity contribution is 7.82. The predicted molar refractivity (Wildman–Crippen MR) is 103 cm³/mol. The Hall–Kier alpha value is -1.47. The smallest absolute Gasteiger partial charge is 0.219 e. The van der Waals surface area contributed by atoms with E-state index in [9.17, 15) is 13.4 Å². The number of carbonyl (C=O) groups is 1. The van der Waals surface area contributed by atoms with Crippen molar-refractivity contribution in [2.45, 2.75) is 45.7 Å². The number of benzene rings is 1. The lowest BCUT2D eigenvalue weighted by atomic mass is 10.1. The summed E-state index contributed by atoms with van der Waals surface area (Å²) < 4.78 is 29.0. The van der Waals surface area contributed by atoms with Crippen LogP contribution in [0.15, 0.2) is 18.2 Å². The zero-order valence-corrected chi connectivity index (χ0v) is 16.4. The van der Waals surface area contributed by atoms with Crippen LogP contribution in [0.1, 0.15) is 38.7 Å². The standard InChI is InChI=1S/C19H28FN3O2S/c1-15-5-3-4-12-26(25)23(15)14-17-6-7-18(13-19(17)20)22-10-8-21(9-11-22)16(2)24/h6-7,13,15H,3-5,8-12,14H2,1-2H3. The SMILES string of the molecule is CC(=O)N1CCN(c2ccc(CN3C(C)CCCCS3=O)c(F)c2)CC1. The van der Waals surface area contributed by atoms with Crippen LogP contribution in [0.5, 0.6) is 0 Å². The highest BCUT2D eigenvalue weighted by Gasteiger charge is 2.25. The first kappa shape index (κ1) is 19.3. The van der Waals surface area contributed by atoms with Gasteiger partial charge in [-0.3, -0.25) is 4.79 Å². The summed E-state index contributed by atoms with van der Waals surface area (Å²) in [5.41, 5.74) is 1.44. The summed E-state index contributed by atoms with van der Waals surface area (Å²) in [6, 6.07) is 5.53. The minimum Gasteiger partial charge on any atom is -0.368 e. The van der Waals surface area contributed by atoms with Crippen LogP contribution in [0.25, 0.3) is 0 Å². The summed E-state index contributed by atoms with van der Waals surface area (Å²) in [5, 5.41) is 0. The summed E-state index contributed by atoms with van der Waals surface area (Å²) >= 11 is 0. The Kier molecular flexibility index (Phi) is 6.29. The fourth-order valence-corrected chi connectivity index (χ4v) is 5.14. The quantitative estimate of drug-likeness (QED) is 0.808. The maximum Gasteiger partial charge on any atom is 0.219 e. The van der Waals surface area contributed by atoms with E-state index in [2.05, 4.69) is 11.8 Å². The highest BCUT2D eigenvalue weighted by Crippen LogP contribution is 2.24. The zero-order valence-electron chi connectivity index (χ0n) is 15.6. The summed E-state index contributed by atoms with van der Waals surface area (Å²) in [4.78, 5) is 15.4. The van der Waals surface area contributed by atoms with Gasteiger partial charge in [0.1, 0.15) is 5.82 Å². The number of anilines is 1. The molecule has 2 saturated heterocycles. The molecule has 144 valence electrons. The largest absolute Gasteiger partial charge is 0.368 e. The van der Waals surface area contributed by atoms with Gasteiger partial charge in [-0.25, -0.2) is 12.9 Å². The molecule has 0 radical (unpaired) electrons. The van der Waals surface area contributed by atoms with Gasteiger partial charge in [-0.1, -0.05) is 12.5 Å². The molecule has 5 nitrogen and oxygen atoms in total.